The number of rotatable bonds is 2. The first-order valence-electron chi connectivity index (χ1n) is 5.83. The van der Waals surface area contributed by atoms with Gasteiger partial charge in [-0.15, -0.1) is 0 Å². The molecular formula is C11H16N2O2. The lowest BCUT2D eigenvalue weighted by molar-refractivity contribution is -0.140. The SMILES string of the molecule is O=C1C2CCNCC2C(=O)N1CC1CC1. The molecular weight excluding hydrogens is 192 g/mol. The highest BCUT2D eigenvalue weighted by Crippen LogP contribution is 2.35. The molecule has 1 aliphatic carbocycles. The molecule has 3 rings (SSSR count). The zero-order valence-electron chi connectivity index (χ0n) is 8.74. The minimum atomic E-state index is -0.0648. The van der Waals surface area contributed by atoms with Crippen molar-refractivity contribution in [3.05, 3.63) is 0 Å². The molecule has 0 spiro atoms. The number of imide groups is 1. The molecule has 2 amide bonds. The standard InChI is InChI=1S/C11H16N2O2/c14-10-8-3-4-12-5-9(8)11(15)13(10)6-7-1-2-7/h7-9,12H,1-6H2. The molecule has 0 aromatic carbocycles. The average molecular weight is 208 g/mol. The number of fused-ring (bicyclic) bond motifs is 1. The van der Waals surface area contributed by atoms with Crippen LogP contribution in [0.2, 0.25) is 0 Å². The van der Waals surface area contributed by atoms with E-state index < -0.39 is 0 Å². The number of carbonyl (C=O) groups excluding carboxylic acids is 2. The van der Waals surface area contributed by atoms with Gasteiger partial charge in [-0.25, -0.2) is 0 Å². The summed E-state index contributed by atoms with van der Waals surface area (Å²) in [5.74, 6) is 0.691. The molecule has 82 valence electrons. The highest BCUT2D eigenvalue weighted by molar-refractivity contribution is 6.05. The predicted molar refractivity (Wildman–Crippen MR) is 53.9 cm³/mol. The topological polar surface area (TPSA) is 49.4 Å². The lowest BCUT2D eigenvalue weighted by Gasteiger charge is -2.21. The molecule has 3 fully saturated rings. The first-order chi connectivity index (χ1) is 7.27. The second-order valence-corrected chi connectivity index (χ2v) is 4.94. The molecule has 0 aromatic rings. The lowest BCUT2D eigenvalue weighted by Crippen LogP contribution is -2.38. The van der Waals surface area contributed by atoms with Crippen LogP contribution in [0.1, 0.15) is 19.3 Å². The van der Waals surface area contributed by atoms with Gasteiger partial charge in [0.25, 0.3) is 0 Å². The van der Waals surface area contributed by atoms with Crippen molar-refractivity contribution < 1.29 is 9.59 Å². The Hall–Kier alpha value is -0.900. The van der Waals surface area contributed by atoms with Crippen molar-refractivity contribution in [2.45, 2.75) is 19.3 Å². The van der Waals surface area contributed by atoms with Gasteiger partial charge in [0.1, 0.15) is 0 Å². The summed E-state index contributed by atoms with van der Waals surface area (Å²) >= 11 is 0. The van der Waals surface area contributed by atoms with Gasteiger partial charge in [-0.05, 0) is 31.7 Å². The van der Waals surface area contributed by atoms with E-state index in [9.17, 15) is 9.59 Å². The molecule has 2 atom stereocenters. The maximum absolute atomic E-state index is 12.0. The highest BCUT2D eigenvalue weighted by atomic mass is 16.2. The van der Waals surface area contributed by atoms with Crippen LogP contribution < -0.4 is 5.32 Å². The second kappa shape index (κ2) is 3.30. The smallest absolute Gasteiger partial charge is 0.234 e. The molecule has 3 aliphatic rings. The van der Waals surface area contributed by atoms with Gasteiger partial charge in [0.05, 0.1) is 11.8 Å². The predicted octanol–water partition coefficient (Wildman–Crippen LogP) is -0.00910. The summed E-state index contributed by atoms with van der Waals surface area (Å²) in [5.41, 5.74) is 0. The minimum Gasteiger partial charge on any atom is -0.316 e. The first kappa shape index (κ1) is 9.33. The van der Waals surface area contributed by atoms with Crippen molar-refractivity contribution in [2.75, 3.05) is 19.6 Å². The Bertz CT molecular complexity index is 288. The van der Waals surface area contributed by atoms with Gasteiger partial charge in [-0.1, -0.05) is 0 Å². The van der Waals surface area contributed by atoms with Crippen molar-refractivity contribution in [2.24, 2.45) is 17.8 Å². The monoisotopic (exact) mass is 208 g/mol. The Morgan fingerprint density at radius 1 is 1.13 bits per heavy atom. The van der Waals surface area contributed by atoms with Crippen molar-refractivity contribution in [1.29, 1.82) is 0 Å². The van der Waals surface area contributed by atoms with Crippen LogP contribution in [0, 0.1) is 17.8 Å². The molecule has 15 heavy (non-hydrogen) atoms. The van der Waals surface area contributed by atoms with Gasteiger partial charge >= 0.3 is 0 Å². The van der Waals surface area contributed by atoms with E-state index in [1.807, 2.05) is 0 Å². The molecule has 2 saturated heterocycles. The molecule has 1 saturated carbocycles. The van der Waals surface area contributed by atoms with Gasteiger partial charge in [0.2, 0.25) is 11.8 Å². The lowest BCUT2D eigenvalue weighted by atomic mass is 9.89. The average Bonchev–Trinajstić information content (AvgIpc) is 3.04. The molecule has 4 nitrogen and oxygen atoms in total. The van der Waals surface area contributed by atoms with Crippen LogP contribution in [0.3, 0.4) is 0 Å². The van der Waals surface area contributed by atoms with E-state index >= 15 is 0 Å². The Balaban J connectivity index is 1.78. The molecule has 4 heteroatoms. The number of carbonyl (C=O) groups is 2. The van der Waals surface area contributed by atoms with Gasteiger partial charge in [-0.3, -0.25) is 14.5 Å². The van der Waals surface area contributed by atoms with E-state index in [-0.39, 0.29) is 23.7 Å². The summed E-state index contributed by atoms with van der Waals surface area (Å²) in [6.45, 7) is 2.25. The van der Waals surface area contributed by atoms with E-state index in [2.05, 4.69) is 5.32 Å². The normalized spacial score (nSPS) is 35.9. The second-order valence-electron chi connectivity index (χ2n) is 4.94. The van der Waals surface area contributed by atoms with Crippen molar-refractivity contribution in [3.63, 3.8) is 0 Å². The van der Waals surface area contributed by atoms with Crippen LogP contribution in [0.15, 0.2) is 0 Å². The fourth-order valence-electron chi connectivity index (χ4n) is 2.66. The third-order valence-electron chi connectivity index (χ3n) is 3.79. The fraction of sp³-hybridized carbons (Fsp3) is 0.818. The third-order valence-corrected chi connectivity index (χ3v) is 3.79. The van der Waals surface area contributed by atoms with Crippen LogP contribution in [-0.2, 0) is 9.59 Å². The summed E-state index contributed by atoms with van der Waals surface area (Å²) < 4.78 is 0. The van der Waals surface area contributed by atoms with E-state index in [1.165, 1.54) is 17.7 Å². The maximum Gasteiger partial charge on any atom is 0.234 e. The van der Waals surface area contributed by atoms with Gasteiger partial charge < -0.3 is 5.32 Å². The first-order valence-corrected chi connectivity index (χ1v) is 5.83. The molecule has 0 bridgehead atoms. The fourth-order valence-corrected chi connectivity index (χ4v) is 2.66. The van der Waals surface area contributed by atoms with Gasteiger partial charge in [0.15, 0.2) is 0 Å². The van der Waals surface area contributed by atoms with Crippen molar-refractivity contribution in [1.82, 2.24) is 10.2 Å². The van der Waals surface area contributed by atoms with E-state index in [0.717, 1.165) is 13.0 Å². The van der Waals surface area contributed by atoms with E-state index in [4.69, 9.17) is 0 Å². The summed E-state index contributed by atoms with van der Waals surface area (Å²) in [6, 6.07) is 0. The zero-order chi connectivity index (χ0) is 10.4. The Morgan fingerprint density at radius 2 is 1.87 bits per heavy atom. The Labute approximate surface area is 89.0 Å². The highest BCUT2D eigenvalue weighted by Gasteiger charge is 2.49. The number of amides is 2. The number of hydrogen-bond acceptors (Lipinski definition) is 3. The number of likely N-dealkylation sites (tertiary alicyclic amines) is 1. The summed E-state index contributed by atoms with van der Waals surface area (Å²) in [5, 5.41) is 3.20. The third kappa shape index (κ3) is 1.47. The minimum absolute atomic E-state index is 0.0162. The van der Waals surface area contributed by atoms with E-state index in [0.29, 0.717) is 19.0 Å². The van der Waals surface area contributed by atoms with Crippen LogP contribution in [0.25, 0.3) is 0 Å². The quantitative estimate of drug-likeness (QED) is 0.649. The summed E-state index contributed by atoms with van der Waals surface area (Å²) in [7, 11) is 0. The largest absolute Gasteiger partial charge is 0.316 e. The number of piperidine rings is 1. The van der Waals surface area contributed by atoms with Crippen LogP contribution in [0.5, 0.6) is 0 Å². The number of nitrogens with zero attached hydrogens (tertiary/aromatic N) is 1. The zero-order valence-corrected chi connectivity index (χ0v) is 8.74. The molecule has 2 aliphatic heterocycles. The number of hydrogen-bond donors (Lipinski definition) is 1. The van der Waals surface area contributed by atoms with E-state index in [1.54, 1.807) is 0 Å². The molecule has 0 aromatic heterocycles. The van der Waals surface area contributed by atoms with Crippen molar-refractivity contribution in [3.8, 4) is 0 Å². The Kier molecular flexibility index (Phi) is 2.06. The summed E-state index contributed by atoms with van der Waals surface area (Å²) in [6.07, 6.45) is 3.20. The number of nitrogens with one attached hydrogen (secondary N) is 1. The van der Waals surface area contributed by atoms with Crippen LogP contribution in [-0.4, -0.2) is 36.3 Å². The van der Waals surface area contributed by atoms with Crippen LogP contribution in [0.4, 0.5) is 0 Å². The Morgan fingerprint density at radius 3 is 2.53 bits per heavy atom. The van der Waals surface area contributed by atoms with Crippen molar-refractivity contribution >= 4 is 11.8 Å². The molecule has 0 radical (unpaired) electrons. The molecule has 2 unspecified atom stereocenters. The van der Waals surface area contributed by atoms with Gasteiger partial charge in [-0.2, -0.15) is 0 Å². The van der Waals surface area contributed by atoms with Gasteiger partial charge in [0, 0.05) is 13.1 Å². The van der Waals surface area contributed by atoms with Crippen LogP contribution >= 0.6 is 0 Å². The summed E-state index contributed by atoms with van der Waals surface area (Å²) in [4.78, 5) is 25.5. The molecule has 2 heterocycles. The molecule has 1 N–H and O–H groups in total. The maximum atomic E-state index is 12.0.